The van der Waals surface area contributed by atoms with Gasteiger partial charge in [0.05, 0.1) is 6.61 Å². The van der Waals surface area contributed by atoms with E-state index < -0.39 is 10.1 Å². The molecule has 30 heavy (non-hydrogen) atoms. The number of ether oxygens (including phenoxy) is 2. The molecule has 0 fully saturated rings. The summed E-state index contributed by atoms with van der Waals surface area (Å²) in [6, 6.07) is 11.7. The molecule has 0 bridgehead atoms. The highest BCUT2D eigenvalue weighted by Crippen LogP contribution is 2.33. The zero-order valence-corrected chi connectivity index (χ0v) is 18.8. The van der Waals surface area contributed by atoms with Gasteiger partial charge in [-0.2, -0.15) is 8.42 Å². The van der Waals surface area contributed by atoms with Crippen molar-refractivity contribution in [3.8, 4) is 11.5 Å². The molecule has 164 valence electrons. The van der Waals surface area contributed by atoms with E-state index in [-0.39, 0.29) is 22.5 Å². The molecule has 0 spiro atoms. The van der Waals surface area contributed by atoms with Crippen molar-refractivity contribution in [3.63, 3.8) is 0 Å². The van der Waals surface area contributed by atoms with Gasteiger partial charge in [-0.25, -0.2) is 0 Å². The summed E-state index contributed by atoms with van der Waals surface area (Å²) in [6.07, 6.45) is 2.14. The number of rotatable bonds is 12. The normalized spacial score (nSPS) is 12.6. The lowest BCUT2D eigenvalue weighted by Gasteiger charge is -2.17. The highest BCUT2D eigenvalue weighted by atomic mass is 32.2. The molecule has 0 saturated carbocycles. The number of hydrogen-bond donors (Lipinski definition) is 0. The lowest BCUT2D eigenvalue weighted by molar-refractivity contribution is -0.112. The molecule has 0 aliphatic carbocycles. The highest BCUT2D eigenvalue weighted by molar-refractivity contribution is 7.87. The van der Waals surface area contributed by atoms with Crippen molar-refractivity contribution < 1.29 is 26.9 Å². The molecule has 0 amide bonds. The lowest BCUT2D eigenvalue weighted by Crippen LogP contribution is -2.14. The van der Waals surface area contributed by atoms with Crippen LogP contribution in [0.2, 0.25) is 0 Å². The van der Waals surface area contributed by atoms with Crippen LogP contribution in [-0.4, -0.2) is 35.0 Å². The molecule has 1 unspecified atom stereocenters. The molecule has 0 N–H and O–H groups in total. The van der Waals surface area contributed by atoms with E-state index in [2.05, 4.69) is 0 Å². The minimum absolute atomic E-state index is 0.111. The van der Waals surface area contributed by atoms with Gasteiger partial charge in [0.1, 0.15) is 11.2 Å². The monoisotopic (exact) mass is 434 g/mol. The Balaban J connectivity index is 2.32. The molecule has 0 radical (unpaired) electrons. The van der Waals surface area contributed by atoms with Crippen LogP contribution in [0.4, 0.5) is 0 Å². The highest BCUT2D eigenvalue weighted by Gasteiger charge is 2.22. The van der Waals surface area contributed by atoms with E-state index in [0.717, 1.165) is 11.8 Å². The summed E-state index contributed by atoms with van der Waals surface area (Å²) in [5, 5.41) is 0. The molecule has 2 rings (SSSR count). The summed E-state index contributed by atoms with van der Waals surface area (Å²) in [5.41, 5.74) is 1.48. The van der Waals surface area contributed by atoms with E-state index >= 15 is 0 Å². The Morgan fingerprint density at radius 3 is 2.40 bits per heavy atom. The van der Waals surface area contributed by atoms with Crippen LogP contribution >= 0.6 is 0 Å². The Bertz CT molecular complexity index is 936. The van der Waals surface area contributed by atoms with E-state index in [1.54, 1.807) is 50.4 Å². The zero-order chi connectivity index (χ0) is 22.1. The Hall–Kier alpha value is -2.38. The van der Waals surface area contributed by atoms with Crippen molar-refractivity contribution in [1.82, 2.24) is 0 Å². The van der Waals surface area contributed by atoms with Crippen molar-refractivity contribution in [3.05, 3.63) is 53.6 Å². The second-order valence-electron chi connectivity index (χ2n) is 7.53. The topological polar surface area (TPSA) is 78.9 Å². The Labute approximate surface area is 179 Å². The molecular formula is C23H30O6S. The SMILES string of the molecule is COCCCOc1cc(CC(C=O)C(C)C)ccc1OS(=O)(=O)c1ccccc1C. The molecule has 7 heteroatoms. The number of aldehydes is 1. The maximum Gasteiger partial charge on any atom is 0.339 e. The van der Waals surface area contributed by atoms with Crippen LogP contribution in [-0.2, 0) is 26.1 Å². The molecule has 1 atom stereocenters. The van der Waals surface area contributed by atoms with Gasteiger partial charge >= 0.3 is 10.1 Å². The summed E-state index contributed by atoms with van der Waals surface area (Å²) >= 11 is 0. The fourth-order valence-corrected chi connectivity index (χ4v) is 4.13. The van der Waals surface area contributed by atoms with Gasteiger partial charge in [0, 0.05) is 26.1 Å². The van der Waals surface area contributed by atoms with Gasteiger partial charge in [-0.3, -0.25) is 0 Å². The number of methoxy groups -OCH3 is 1. The third kappa shape index (κ3) is 6.57. The summed E-state index contributed by atoms with van der Waals surface area (Å²) in [5.74, 6) is 0.514. The average Bonchev–Trinajstić information content (AvgIpc) is 2.70. The standard InChI is InChI=1S/C23H30O6S/c1-17(2)20(16-24)14-19-10-11-21(22(15-19)28-13-7-12-27-4)29-30(25,26)23-9-6-5-8-18(23)3/h5-6,8-11,15-17,20H,7,12-14H2,1-4H3. The van der Waals surface area contributed by atoms with E-state index in [0.29, 0.717) is 37.4 Å². The van der Waals surface area contributed by atoms with Crippen LogP contribution < -0.4 is 8.92 Å². The Kier molecular flexibility index (Phi) is 8.87. The molecule has 0 aliphatic rings. The molecule has 0 saturated heterocycles. The molecule has 2 aromatic rings. The predicted octanol–water partition coefficient (Wildman–Crippen LogP) is 4.19. The first-order chi connectivity index (χ1) is 14.3. The van der Waals surface area contributed by atoms with Crippen molar-refractivity contribution in [2.75, 3.05) is 20.3 Å². The summed E-state index contributed by atoms with van der Waals surface area (Å²) in [4.78, 5) is 11.5. The van der Waals surface area contributed by atoms with Crippen LogP contribution in [0.15, 0.2) is 47.4 Å². The Morgan fingerprint density at radius 2 is 1.77 bits per heavy atom. The summed E-state index contributed by atoms with van der Waals surface area (Å²) in [7, 11) is -2.41. The van der Waals surface area contributed by atoms with Crippen molar-refractivity contribution in [2.24, 2.45) is 11.8 Å². The second kappa shape index (κ2) is 11.1. The maximum absolute atomic E-state index is 12.8. The largest absolute Gasteiger partial charge is 0.490 e. The Morgan fingerprint density at radius 1 is 1.03 bits per heavy atom. The average molecular weight is 435 g/mol. The molecule has 0 aliphatic heterocycles. The minimum atomic E-state index is -4.02. The van der Waals surface area contributed by atoms with Gasteiger partial charge in [-0.1, -0.05) is 38.1 Å². The zero-order valence-electron chi connectivity index (χ0n) is 18.0. The van der Waals surface area contributed by atoms with E-state index in [1.807, 2.05) is 13.8 Å². The molecule has 0 aromatic heterocycles. The summed E-state index contributed by atoms with van der Waals surface area (Å²) in [6.45, 7) is 6.57. The number of hydrogen-bond acceptors (Lipinski definition) is 6. The minimum Gasteiger partial charge on any atom is -0.490 e. The number of aryl methyl sites for hydroxylation is 1. The second-order valence-corrected chi connectivity index (χ2v) is 9.04. The van der Waals surface area contributed by atoms with Gasteiger partial charge in [0.15, 0.2) is 11.5 Å². The van der Waals surface area contributed by atoms with Crippen LogP contribution in [0.3, 0.4) is 0 Å². The van der Waals surface area contributed by atoms with Crippen LogP contribution in [0.1, 0.15) is 31.4 Å². The molecule has 2 aromatic carbocycles. The smallest absolute Gasteiger partial charge is 0.339 e. The van der Waals surface area contributed by atoms with Gasteiger partial charge in [0.2, 0.25) is 0 Å². The molecule has 0 heterocycles. The maximum atomic E-state index is 12.8. The number of carbonyl (C=O) groups is 1. The third-order valence-corrected chi connectivity index (χ3v) is 6.22. The van der Waals surface area contributed by atoms with Crippen LogP contribution in [0, 0.1) is 18.8 Å². The first kappa shape index (κ1) is 23.9. The van der Waals surface area contributed by atoms with Gasteiger partial charge in [0.25, 0.3) is 0 Å². The fraction of sp³-hybridized carbons (Fsp3) is 0.435. The van der Waals surface area contributed by atoms with Crippen LogP contribution in [0.25, 0.3) is 0 Å². The first-order valence-electron chi connectivity index (χ1n) is 9.98. The molecular weight excluding hydrogens is 404 g/mol. The molecule has 6 nitrogen and oxygen atoms in total. The van der Waals surface area contributed by atoms with E-state index in [4.69, 9.17) is 13.7 Å². The first-order valence-corrected chi connectivity index (χ1v) is 11.4. The third-order valence-electron chi connectivity index (χ3n) is 4.82. The van der Waals surface area contributed by atoms with E-state index in [9.17, 15) is 13.2 Å². The fourth-order valence-electron chi connectivity index (χ4n) is 2.96. The number of carbonyl (C=O) groups excluding carboxylic acids is 1. The van der Waals surface area contributed by atoms with Crippen molar-refractivity contribution in [1.29, 1.82) is 0 Å². The van der Waals surface area contributed by atoms with Crippen molar-refractivity contribution >= 4 is 16.4 Å². The summed E-state index contributed by atoms with van der Waals surface area (Å²) < 4.78 is 41.9. The van der Waals surface area contributed by atoms with Gasteiger partial charge in [-0.15, -0.1) is 0 Å². The quantitative estimate of drug-likeness (QED) is 0.283. The van der Waals surface area contributed by atoms with Crippen molar-refractivity contribution in [2.45, 2.75) is 38.5 Å². The van der Waals surface area contributed by atoms with Crippen LogP contribution in [0.5, 0.6) is 11.5 Å². The lowest BCUT2D eigenvalue weighted by atomic mass is 9.90. The number of benzene rings is 2. The van der Waals surface area contributed by atoms with Gasteiger partial charge < -0.3 is 18.5 Å². The van der Waals surface area contributed by atoms with E-state index in [1.165, 1.54) is 6.07 Å². The predicted molar refractivity (Wildman–Crippen MR) is 116 cm³/mol. The van der Waals surface area contributed by atoms with Gasteiger partial charge in [-0.05, 0) is 48.6 Å².